The number of hydrogen-bond donors (Lipinski definition) is 0. The highest BCUT2D eigenvalue weighted by atomic mass is 35.5. The molecule has 0 bridgehead atoms. The molecule has 3 rings (SSSR count). The summed E-state index contributed by atoms with van der Waals surface area (Å²) in [7, 11) is -3.47. The van der Waals surface area contributed by atoms with Crippen LogP contribution in [0.4, 0.5) is 0 Å². The topological polar surface area (TPSA) is 60.9 Å². The summed E-state index contributed by atoms with van der Waals surface area (Å²) in [5.41, 5.74) is 0.462. The third-order valence-corrected chi connectivity index (χ3v) is 7.42. The first-order valence-corrected chi connectivity index (χ1v) is 10.9. The van der Waals surface area contributed by atoms with E-state index in [1.807, 2.05) is 0 Å². The summed E-state index contributed by atoms with van der Waals surface area (Å²) in [5.74, 6) is 0.598. The molecule has 2 unspecified atom stereocenters. The summed E-state index contributed by atoms with van der Waals surface area (Å²) in [6, 6.07) is 6.95. The lowest BCUT2D eigenvalue weighted by Crippen LogP contribution is -2.56. The minimum atomic E-state index is -3.47. The molecule has 2 heterocycles. The van der Waals surface area contributed by atoms with E-state index in [2.05, 4.69) is 13.8 Å². The minimum absolute atomic E-state index is 0.145. The van der Waals surface area contributed by atoms with Gasteiger partial charge < -0.3 is 4.90 Å². The van der Waals surface area contributed by atoms with Crippen molar-refractivity contribution in [1.82, 2.24) is 13.5 Å². The largest absolute Gasteiger partial charge is 0.336 e. The fourth-order valence-electron chi connectivity index (χ4n) is 3.88. The van der Waals surface area contributed by atoms with E-state index in [-0.39, 0.29) is 5.91 Å². The highest BCUT2D eigenvalue weighted by Gasteiger charge is 2.37. The third kappa shape index (κ3) is 4.06. The van der Waals surface area contributed by atoms with Crippen LogP contribution < -0.4 is 0 Å². The molecule has 6 nitrogen and oxygen atoms in total. The standard InChI is InChI=1S/C18H26ClN3O3S/c1-14-11-15(2)13-22(12-14)26(24,25)21-9-7-20(8-10-21)18(23)16-5-3-4-6-17(16)19/h3-6,14-15H,7-13H2,1-2H3. The lowest BCUT2D eigenvalue weighted by molar-refractivity contribution is 0.0691. The second kappa shape index (κ2) is 7.84. The SMILES string of the molecule is CC1CC(C)CN(S(=O)(=O)N2CCN(C(=O)c3ccccc3Cl)CC2)C1. The van der Waals surface area contributed by atoms with E-state index in [4.69, 9.17) is 11.6 Å². The Labute approximate surface area is 160 Å². The van der Waals surface area contributed by atoms with Crippen molar-refractivity contribution in [3.8, 4) is 0 Å². The van der Waals surface area contributed by atoms with Gasteiger partial charge in [-0.1, -0.05) is 37.6 Å². The van der Waals surface area contributed by atoms with Crippen molar-refractivity contribution in [2.75, 3.05) is 39.3 Å². The molecule has 0 aromatic heterocycles. The van der Waals surface area contributed by atoms with Crippen LogP contribution in [0, 0.1) is 11.8 Å². The second-order valence-corrected chi connectivity index (χ2v) is 9.78. The maximum atomic E-state index is 13.0. The van der Waals surface area contributed by atoms with E-state index in [1.165, 1.54) is 4.31 Å². The molecular formula is C18H26ClN3O3S. The Morgan fingerprint density at radius 3 is 2.15 bits per heavy atom. The summed E-state index contributed by atoms with van der Waals surface area (Å²) < 4.78 is 29.0. The summed E-state index contributed by atoms with van der Waals surface area (Å²) in [6.45, 7) is 6.73. The number of benzene rings is 1. The van der Waals surface area contributed by atoms with E-state index in [1.54, 1.807) is 33.5 Å². The van der Waals surface area contributed by atoms with Gasteiger partial charge in [0.05, 0.1) is 10.6 Å². The molecule has 0 radical (unpaired) electrons. The van der Waals surface area contributed by atoms with Crippen LogP contribution in [0.2, 0.25) is 5.02 Å². The van der Waals surface area contributed by atoms with Crippen LogP contribution >= 0.6 is 11.6 Å². The fourth-order valence-corrected chi connectivity index (χ4v) is 5.94. The fraction of sp³-hybridized carbons (Fsp3) is 0.611. The van der Waals surface area contributed by atoms with Crippen LogP contribution in [0.3, 0.4) is 0 Å². The number of halogens is 1. The average molecular weight is 400 g/mol. The molecule has 0 aliphatic carbocycles. The predicted octanol–water partition coefficient (Wildman–Crippen LogP) is 2.32. The van der Waals surface area contributed by atoms with Gasteiger partial charge >= 0.3 is 0 Å². The zero-order valence-electron chi connectivity index (χ0n) is 15.3. The number of nitrogens with zero attached hydrogens (tertiary/aromatic N) is 3. The van der Waals surface area contributed by atoms with Crippen molar-refractivity contribution in [3.63, 3.8) is 0 Å². The highest BCUT2D eigenvalue weighted by molar-refractivity contribution is 7.86. The molecule has 2 saturated heterocycles. The quantitative estimate of drug-likeness (QED) is 0.783. The predicted molar refractivity (Wildman–Crippen MR) is 102 cm³/mol. The summed E-state index contributed by atoms with van der Waals surface area (Å²) in [4.78, 5) is 14.3. The minimum Gasteiger partial charge on any atom is -0.336 e. The average Bonchev–Trinajstić information content (AvgIpc) is 2.61. The molecule has 1 amide bonds. The Morgan fingerprint density at radius 2 is 1.58 bits per heavy atom. The number of hydrogen-bond acceptors (Lipinski definition) is 3. The molecule has 0 N–H and O–H groups in total. The van der Waals surface area contributed by atoms with Crippen LogP contribution in [0.1, 0.15) is 30.6 Å². The van der Waals surface area contributed by atoms with Gasteiger partial charge in [-0.2, -0.15) is 17.0 Å². The first kappa shape index (κ1) is 19.6. The molecule has 0 saturated carbocycles. The van der Waals surface area contributed by atoms with Gasteiger partial charge in [-0.3, -0.25) is 4.79 Å². The van der Waals surface area contributed by atoms with Crippen LogP contribution in [-0.2, 0) is 10.2 Å². The van der Waals surface area contributed by atoms with Gasteiger partial charge in [0.25, 0.3) is 16.1 Å². The molecule has 2 atom stereocenters. The number of rotatable bonds is 3. The molecule has 0 spiro atoms. The third-order valence-electron chi connectivity index (χ3n) is 5.12. The van der Waals surface area contributed by atoms with Crippen molar-refractivity contribution in [2.45, 2.75) is 20.3 Å². The summed E-state index contributed by atoms with van der Waals surface area (Å²) in [5, 5.41) is 0.420. The van der Waals surface area contributed by atoms with Crippen molar-refractivity contribution in [3.05, 3.63) is 34.9 Å². The number of piperidine rings is 1. The van der Waals surface area contributed by atoms with Crippen LogP contribution in [0.25, 0.3) is 0 Å². The Kier molecular flexibility index (Phi) is 5.91. The molecule has 1 aromatic rings. The molecule has 144 valence electrons. The molecule has 2 aliphatic heterocycles. The Balaban J connectivity index is 1.64. The molecule has 26 heavy (non-hydrogen) atoms. The Morgan fingerprint density at radius 1 is 1.00 bits per heavy atom. The maximum absolute atomic E-state index is 13.0. The first-order valence-electron chi connectivity index (χ1n) is 9.08. The second-order valence-electron chi connectivity index (χ2n) is 7.44. The lowest BCUT2D eigenvalue weighted by Gasteiger charge is -2.40. The smallest absolute Gasteiger partial charge is 0.282 e. The van der Waals surface area contributed by atoms with E-state index in [9.17, 15) is 13.2 Å². The zero-order valence-corrected chi connectivity index (χ0v) is 16.8. The number of carbonyl (C=O) groups excluding carboxylic acids is 1. The van der Waals surface area contributed by atoms with Gasteiger partial charge in [0.2, 0.25) is 0 Å². The maximum Gasteiger partial charge on any atom is 0.282 e. The van der Waals surface area contributed by atoms with Crippen LogP contribution in [0.5, 0.6) is 0 Å². The van der Waals surface area contributed by atoms with Crippen LogP contribution in [-0.4, -0.2) is 67.1 Å². The summed E-state index contributed by atoms with van der Waals surface area (Å²) >= 11 is 6.11. The van der Waals surface area contributed by atoms with E-state index < -0.39 is 10.2 Å². The molecule has 1 aromatic carbocycles. The summed E-state index contributed by atoms with van der Waals surface area (Å²) in [6.07, 6.45) is 1.06. The van der Waals surface area contributed by atoms with Crippen molar-refractivity contribution in [2.24, 2.45) is 11.8 Å². The van der Waals surface area contributed by atoms with Gasteiger partial charge in [-0.25, -0.2) is 0 Å². The van der Waals surface area contributed by atoms with Gasteiger partial charge in [0.15, 0.2) is 0 Å². The van der Waals surface area contributed by atoms with Crippen molar-refractivity contribution < 1.29 is 13.2 Å². The normalized spacial score (nSPS) is 26.0. The van der Waals surface area contributed by atoms with Crippen molar-refractivity contribution >= 4 is 27.7 Å². The lowest BCUT2D eigenvalue weighted by atomic mass is 9.94. The van der Waals surface area contributed by atoms with Crippen molar-refractivity contribution in [1.29, 1.82) is 0 Å². The van der Waals surface area contributed by atoms with E-state index >= 15 is 0 Å². The zero-order chi connectivity index (χ0) is 18.9. The van der Waals surface area contributed by atoms with Gasteiger partial charge in [-0.05, 0) is 30.4 Å². The number of piperazine rings is 1. The number of carbonyl (C=O) groups is 1. The van der Waals surface area contributed by atoms with E-state index in [0.29, 0.717) is 61.7 Å². The molecule has 2 fully saturated rings. The monoisotopic (exact) mass is 399 g/mol. The van der Waals surface area contributed by atoms with E-state index in [0.717, 1.165) is 6.42 Å². The van der Waals surface area contributed by atoms with Crippen LogP contribution in [0.15, 0.2) is 24.3 Å². The first-order chi connectivity index (χ1) is 12.3. The molecule has 8 heteroatoms. The molecular weight excluding hydrogens is 374 g/mol. The van der Waals surface area contributed by atoms with Gasteiger partial charge in [0, 0.05) is 39.3 Å². The Bertz CT molecular complexity index is 753. The number of amides is 1. The van der Waals surface area contributed by atoms with Gasteiger partial charge in [0.1, 0.15) is 0 Å². The van der Waals surface area contributed by atoms with Gasteiger partial charge in [-0.15, -0.1) is 0 Å². The highest BCUT2D eigenvalue weighted by Crippen LogP contribution is 2.25. The molecule has 2 aliphatic rings. The Hall–Kier alpha value is -1.15.